The molecule has 3 heterocycles. The third kappa shape index (κ3) is 9.01. The van der Waals surface area contributed by atoms with Gasteiger partial charge in [-0.05, 0) is 19.9 Å². The third-order valence-corrected chi connectivity index (χ3v) is 10.9. The summed E-state index contributed by atoms with van der Waals surface area (Å²) in [6, 6.07) is 0. The Hall–Kier alpha value is -4.84. The van der Waals surface area contributed by atoms with Crippen LogP contribution < -0.4 is 15.4 Å². The molecule has 0 unspecified atom stereocenters. The van der Waals surface area contributed by atoms with Crippen molar-refractivity contribution < 1.29 is 68.4 Å². The number of anilines is 2. The lowest BCUT2D eigenvalue weighted by Crippen LogP contribution is -2.46. The number of hydrogen-bond donors (Lipinski definition) is 7. The largest absolute Gasteiger partial charge is 0.507 e. The molecule has 5 bridgehead atoms. The molecule has 17 heteroatoms. The fourth-order valence-corrected chi connectivity index (χ4v) is 7.28. The van der Waals surface area contributed by atoms with Gasteiger partial charge in [0.2, 0.25) is 0 Å². The molecule has 5 rings (SSSR count). The first-order valence-corrected chi connectivity index (χ1v) is 19.4. The van der Waals surface area contributed by atoms with Crippen LogP contribution in [0.5, 0.6) is 23.0 Å². The highest BCUT2D eigenvalue weighted by atomic mass is 79.9. The molecule has 0 saturated heterocycles. The maximum Gasteiger partial charge on any atom is 0.411 e. The number of alkyl halides is 1. The van der Waals surface area contributed by atoms with Crippen LogP contribution in [-0.2, 0) is 28.5 Å². The Labute approximate surface area is 338 Å². The van der Waals surface area contributed by atoms with E-state index >= 15 is 0 Å². The Morgan fingerprint density at radius 1 is 0.965 bits per heavy atom. The van der Waals surface area contributed by atoms with Crippen molar-refractivity contribution in [2.24, 2.45) is 23.7 Å². The predicted octanol–water partition coefficient (Wildman–Crippen LogP) is 5.70. The minimum absolute atomic E-state index is 0.0241. The van der Waals surface area contributed by atoms with E-state index in [4.69, 9.17) is 23.7 Å². The van der Waals surface area contributed by atoms with Crippen molar-refractivity contribution in [1.82, 2.24) is 0 Å². The number of phenols is 3. The van der Waals surface area contributed by atoms with Gasteiger partial charge in [-0.1, -0.05) is 61.9 Å². The number of Topliss-reactive ketones (excluding diaryl/α,β-unsaturated/α-hetero) is 1. The Kier molecular flexibility index (Phi) is 14.3. The number of nitrogens with one attached hydrogen (secondary N) is 2. The standard InChI is InChI=1S/C40H51BrN2O14/c1-17-11-10-12-18(2)38(51)42-28-29(43-39(52)54-16-14-41)33(48)25-26(34(28)49)32(47)22(6)36-27(25)37(50)40(8,57-36)55-15-13-24(53-9)19(3)35(56-23(7)44)21(5)31(46)20(4)30(17)45/h10-13,15,17,19-21,24,30-31,35,45-49H,14,16H2,1-9H3,(H,42,51)(H,43,52)/b11-10+,15-13+,18-12-/t17-,19+,20+,21+,24-,30-,31+,35+,40-/m0/s1. The van der Waals surface area contributed by atoms with Crippen LogP contribution in [0.15, 0.2) is 36.1 Å². The molecule has 0 spiro atoms. The number of ketones is 1. The number of esters is 1. The van der Waals surface area contributed by atoms with Crippen molar-refractivity contribution in [3.63, 3.8) is 0 Å². The number of phenolic OH excluding ortho intramolecular Hbond substituents is 3. The number of ether oxygens (including phenoxy) is 5. The van der Waals surface area contributed by atoms with Crippen LogP contribution >= 0.6 is 15.9 Å². The van der Waals surface area contributed by atoms with Gasteiger partial charge in [0.15, 0.2) is 5.75 Å². The normalized spacial score (nSPS) is 30.4. The summed E-state index contributed by atoms with van der Waals surface area (Å²) in [7, 11) is 1.41. The van der Waals surface area contributed by atoms with Crippen molar-refractivity contribution in [2.45, 2.75) is 85.6 Å². The van der Waals surface area contributed by atoms with Crippen LogP contribution in [0.1, 0.15) is 64.4 Å². The minimum Gasteiger partial charge on any atom is -0.507 e. The van der Waals surface area contributed by atoms with E-state index in [0.29, 0.717) is 0 Å². The molecule has 0 aromatic heterocycles. The number of methoxy groups -OCH3 is 1. The van der Waals surface area contributed by atoms with E-state index in [1.54, 1.807) is 33.8 Å². The fourth-order valence-electron chi connectivity index (χ4n) is 7.11. The topological polar surface area (TPSA) is 240 Å². The van der Waals surface area contributed by atoms with E-state index in [2.05, 4.69) is 26.6 Å². The van der Waals surface area contributed by atoms with Crippen LogP contribution in [0.3, 0.4) is 0 Å². The van der Waals surface area contributed by atoms with E-state index in [0.717, 1.165) is 6.26 Å². The molecule has 7 N–H and O–H groups in total. The van der Waals surface area contributed by atoms with E-state index in [-0.39, 0.29) is 34.4 Å². The highest BCUT2D eigenvalue weighted by molar-refractivity contribution is 9.09. The number of carbonyl (C=O) groups is 4. The second-order valence-corrected chi connectivity index (χ2v) is 15.3. The van der Waals surface area contributed by atoms with Gasteiger partial charge in [-0.3, -0.25) is 19.7 Å². The third-order valence-electron chi connectivity index (χ3n) is 10.5. The molecule has 312 valence electrons. The number of aliphatic hydroxyl groups is 2. The van der Waals surface area contributed by atoms with Crippen molar-refractivity contribution >= 4 is 61.8 Å². The summed E-state index contributed by atoms with van der Waals surface area (Å²) in [4.78, 5) is 53.0. The van der Waals surface area contributed by atoms with E-state index in [1.165, 1.54) is 53.0 Å². The summed E-state index contributed by atoms with van der Waals surface area (Å²) in [5, 5.41) is 61.9. The van der Waals surface area contributed by atoms with E-state index in [9.17, 15) is 44.7 Å². The maximum atomic E-state index is 14.3. The van der Waals surface area contributed by atoms with E-state index in [1.807, 2.05) is 0 Å². The zero-order chi connectivity index (χ0) is 42.7. The number of aliphatic hydroxyl groups excluding tert-OH is 2. The summed E-state index contributed by atoms with van der Waals surface area (Å²) in [6.07, 6.45) is 2.04. The van der Waals surface area contributed by atoms with Crippen LogP contribution in [0.2, 0.25) is 0 Å². The summed E-state index contributed by atoms with van der Waals surface area (Å²) >= 11 is 3.15. The lowest BCUT2D eigenvalue weighted by molar-refractivity contribution is -0.160. The van der Waals surface area contributed by atoms with Gasteiger partial charge in [-0.25, -0.2) is 4.79 Å². The summed E-state index contributed by atoms with van der Waals surface area (Å²) < 4.78 is 28.4. The molecule has 0 saturated carbocycles. The molecule has 2 aromatic rings. The Balaban J connectivity index is 1.97. The van der Waals surface area contributed by atoms with Gasteiger partial charge in [0, 0.05) is 66.5 Å². The Morgan fingerprint density at radius 3 is 2.25 bits per heavy atom. The molecule has 9 atom stereocenters. The first-order valence-electron chi connectivity index (χ1n) is 18.3. The highest BCUT2D eigenvalue weighted by Crippen LogP contribution is 2.57. The number of carbonyl (C=O) groups excluding carboxylic acids is 4. The number of benzene rings is 2. The molecular weight excluding hydrogens is 812 g/mol. The quantitative estimate of drug-likeness (QED) is 0.0827. The smallest absolute Gasteiger partial charge is 0.411 e. The van der Waals surface area contributed by atoms with Crippen LogP contribution in [0.25, 0.3) is 10.8 Å². The fraction of sp³-hybridized carbons (Fsp3) is 0.500. The van der Waals surface area contributed by atoms with Crippen molar-refractivity contribution in [3.05, 3.63) is 47.3 Å². The Bertz CT molecular complexity index is 2000. The molecule has 0 aliphatic carbocycles. The lowest BCUT2D eigenvalue weighted by Gasteiger charge is -2.38. The average molecular weight is 864 g/mol. The van der Waals surface area contributed by atoms with Gasteiger partial charge >= 0.3 is 17.8 Å². The summed E-state index contributed by atoms with van der Waals surface area (Å²) in [5.41, 5.74) is -1.35. The zero-order valence-electron chi connectivity index (χ0n) is 33.2. The molecule has 0 fully saturated rings. The van der Waals surface area contributed by atoms with Gasteiger partial charge in [-0.15, -0.1) is 0 Å². The number of fused-ring (bicyclic) bond motifs is 14. The van der Waals surface area contributed by atoms with Crippen LogP contribution in [-0.4, -0.2) is 98.5 Å². The van der Waals surface area contributed by atoms with E-state index < -0.39 is 117 Å². The molecular formula is C40H51BrN2O14. The van der Waals surface area contributed by atoms with Crippen molar-refractivity contribution in [3.8, 4) is 23.0 Å². The second kappa shape index (κ2) is 18.2. The van der Waals surface area contributed by atoms with Gasteiger partial charge in [0.1, 0.15) is 41.3 Å². The number of allylic oxidation sites excluding steroid dienone is 2. The van der Waals surface area contributed by atoms with Crippen molar-refractivity contribution in [1.29, 1.82) is 0 Å². The number of rotatable bonds is 5. The van der Waals surface area contributed by atoms with Gasteiger partial charge in [0.25, 0.3) is 11.7 Å². The van der Waals surface area contributed by atoms with Crippen LogP contribution in [0, 0.1) is 30.6 Å². The monoisotopic (exact) mass is 862 g/mol. The zero-order valence-corrected chi connectivity index (χ0v) is 34.8. The SMILES string of the molecule is CO[C@H]1/C=C/O[C@@]2(C)Oc3c(C)c(O)c4c(O)c(c(NC(=O)OCCBr)c(O)c4c3C2=O)NC(=O)/C(C)=C\C=C\[C@H](C)[C@H](O)[C@@H](C)[C@@H](O)[C@@H](C)[C@H](OC(C)=O)[C@@H]1C. The molecule has 3 aliphatic heterocycles. The van der Waals surface area contributed by atoms with Crippen LogP contribution in [0.4, 0.5) is 16.2 Å². The second-order valence-electron chi connectivity index (χ2n) is 14.5. The molecule has 2 amide bonds. The molecule has 16 nitrogen and oxygen atoms in total. The Morgan fingerprint density at radius 2 is 1.63 bits per heavy atom. The van der Waals surface area contributed by atoms with Gasteiger partial charge in [-0.2, -0.15) is 0 Å². The number of aromatic hydroxyl groups is 3. The number of amides is 2. The first-order chi connectivity index (χ1) is 26.7. The first kappa shape index (κ1) is 44.9. The summed E-state index contributed by atoms with van der Waals surface area (Å²) in [5.74, 6) is -9.45. The summed E-state index contributed by atoms with van der Waals surface area (Å²) in [6.45, 7) is 12.1. The number of halogens is 1. The average Bonchev–Trinajstić information content (AvgIpc) is 3.43. The molecule has 0 radical (unpaired) electrons. The molecule has 2 aromatic carbocycles. The lowest BCUT2D eigenvalue weighted by atomic mass is 9.78. The minimum atomic E-state index is -2.12. The predicted molar refractivity (Wildman–Crippen MR) is 213 cm³/mol. The molecule has 3 aliphatic rings. The van der Waals surface area contributed by atoms with Crippen molar-refractivity contribution in [2.75, 3.05) is 29.7 Å². The highest BCUT2D eigenvalue weighted by Gasteiger charge is 2.50. The maximum absolute atomic E-state index is 14.3. The number of hydrogen-bond acceptors (Lipinski definition) is 14. The molecule has 57 heavy (non-hydrogen) atoms. The van der Waals surface area contributed by atoms with Gasteiger partial charge < -0.3 is 54.5 Å². The van der Waals surface area contributed by atoms with Gasteiger partial charge in [0.05, 0.1) is 35.5 Å².